The van der Waals surface area contributed by atoms with Crippen LogP contribution in [0.5, 0.6) is 0 Å². The van der Waals surface area contributed by atoms with Gasteiger partial charge in [-0.2, -0.15) is 0 Å². The normalized spacial score (nSPS) is 34.3. The summed E-state index contributed by atoms with van der Waals surface area (Å²) in [5.74, 6) is -2.72. The minimum Gasteiger partial charge on any atom is -0.445 e. The molecule has 3 aromatic rings. The van der Waals surface area contributed by atoms with E-state index in [0.29, 0.717) is 18.5 Å². The van der Waals surface area contributed by atoms with Crippen LogP contribution >= 0.6 is 0 Å². The van der Waals surface area contributed by atoms with Crippen LogP contribution in [0.3, 0.4) is 0 Å². The van der Waals surface area contributed by atoms with E-state index in [1.807, 2.05) is 36.4 Å². The van der Waals surface area contributed by atoms with Gasteiger partial charge in [-0.15, -0.1) is 0 Å². The van der Waals surface area contributed by atoms with Crippen molar-refractivity contribution in [3.8, 4) is 0 Å². The Morgan fingerprint density at radius 2 is 1.10 bits per heavy atom. The lowest BCUT2D eigenvalue weighted by molar-refractivity contribution is -0.319. The van der Waals surface area contributed by atoms with Crippen LogP contribution < -0.4 is 21.3 Å². The van der Waals surface area contributed by atoms with Gasteiger partial charge in [-0.05, 0) is 48.9 Å². The van der Waals surface area contributed by atoms with Crippen molar-refractivity contribution >= 4 is 18.1 Å². The first-order valence-electron chi connectivity index (χ1n) is 26.8. The number of carbonyl (C=O) groups is 3. The van der Waals surface area contributed by atoms with Crippen LogP contribution in [0.15, 0.2) is 91.0 Å². The molecule has 0 aromatic heterocycles. The van der Waals surface area contributed by atoms with E-state index >= 15 is 0 Å². The molecule has 4 aliphatic rings. The average Bonchev–Trinajstić information content (AvgIpc) is 3.78. The number of rotatable bonds is 24. The lowest BCUT2D eigenvalue weighted by Crippen LogP contribution is -2.68. The van der Waals surface area contributed by atoms with Gasteiger partial charge in [-0.25, -0.2) is 9.59 Å². The molecule has 3 heterocycles. The number of hydrogen-bond donors (Lipinski definition) is 12. The Morgan fingerprint density at radius 3 is 1.67 bits per heavy atom. The first kappa shape index (κ1) is 60.7. The number of alkyl carbamates (subject to hydrolysis) is 2. The summed E-state index contributed by atoms with van der Waals surface area (Å²) < 4.78 is 48.8. The maximum absolute atomic E-state index is 13.8. The summed E-state index contributed by atoms with van der Waals surface area (Å²) in [5.41, 5.74) is 2.56. The summed E-state index contributed by atoms with van der Waals surface area (Å²) in [6, 6.07) is 25.2. The SMILES string of the molecule is CCC[C@H](O)C(=O)N[C@@H]1C[C@H](NC(=O)OCc2ccccc2)[C@@H](O[C@H]2O[C@H](CNCCCc3ccccc3)[C@@H](O)[C@H](O)[C@H]2C)[C@H](O[C@@H]2O[C@H](CO)[C@@H](O[C@H]3O[C@@H](CNC(=O)OCc4ccccc4)[C@@H](O)[C@H](O)[C@H]3C)[C@H]2O)[C@H]1O. The minimum absolute atomic E-state index is 0.0345. The lowest BCUT2D eigenvalue weighted by Gasteiger charge is -2.49. The third-order valence-corrected chi connectivity index (χ3v) is 14.7. The van der Waals surface area contributed by atoms with E-state index in [1.54, 1.807) is 68.4 Å². The second-order valence-corrected chi connectivity index (χ2v) is 20.5. The number of aryl methyl sites for hydroxylation is 1. The molecular weight excluding hydrogens is 1020 g/mol. The number of nitrogens with one attached hydrogen (secondary N) is 4. The maximum Gasteiger partial charge on any atom is 0.407 e. The Bertz CT molecular complexity index is 2280. The van der Waals surface area contributed by atoms with E-state index in [-0.39, 0.29) is 39.1 Å². The van der Waals surface area contributed by atoms with Crippen molar-refractivity contribution in [3.63, 3.8) is 0 Å². The van der Waals surface area contributed by atoms with Gasteiger partial charge in [0, 0.05) is 24.9 Å². The van der Waals surface area contributed by atoms with E-state index in [2.05, 4.69) is 21.3 Å². The molecule has 0 radical (unpaired) electrons. The van der Waals surface area contributed by atoms with E-state index in [1.165, 1.54) is 6.92 Å². The molecule has 0 unspecified atom stereocenters. The fourth-order valence-corrected chi connectivity index (χ4v) is 10.1. The lowest BCUT2D eigenvalue weighted by atomic mass is 9.82. The highest BCUT2D eigenvalue weighted by atomic mass is 16.8. The molecule has 0 bridgehead atoms. The van der Waals surface area contributed by atoms with Gasteiger partial charge >= 0.3 is 12.2 Å². The number of aliphatic hydroxyl groups excluding tert-OH is 8. The topological polar surface area (TPSA) is 335 Å². The van der Waals surface area contributed by atoms with Gasteiger partial charge in [0.1, 0.15) is 80.4 Å². The van der Waals surface area contributed by atoms with Gasteiger partial charge in [0.05, 0.1) is 30.9 Å². The molecule has 23 nitrogen and oxygen atoms in total. The Kier molecular flexibility index (Phi) is 23.0. The zero-order valence-electron chi connectivity index (χ0n) is 44.1. The molecular formula is C55H78N4O19. The van der Waals surface area contributed by atoms with Crippen molar-refractivity contribution in [1.29, 1.82) is 0 Å². The molecule has 20 atom stereocenters. The van der Waals surface area contributed by atoms with Gasteiger partial charge in [0.2, 0.25) is 5.91 Å². The van der Waals surface area contributed by atoms with Crippen molar-refractivity contribution in [2.75, 3.05) is 26.2 Å². The number of ether oxygens (including phenoxy) is 8. The number of amides is 3. The van der Waals surface area contributed by atoms with Crippen LogP contribution in [0.2, 0.25) is 0 Å². The van der Waals surface area contributed by atoms with Gasteiger partial charge in [0.15, 0.2) is 18.9 Å². The molecule has 0 spiro atoms. The largest absolute Gasteiger partial charge is 0.445 e. The predicted molar refractivity (Wildman–Crippen MR) is 275 cm³/mol. The third kappa shape index (κ3) is 16.1. The second-order valence-electron chi connectivity index (χ2n) is 20.5. The second kappa shape index (κ2) is 29.5. The number of carbonyl (C=O) groups excluding carboxylic acids is 3. The van der Waals surface area contributed by atoms with Crippen LogP contribution in [0, 0.1) is 11.8 Å². The van der Waals surface area contributed by atoms with E-state index < -0.39 is 147 Å². The van der Waals surface area contributed by atoms with Gasteiger partial charge < -0.3 is 100 Å². The van der Waals surface area contributed by atoms with Gasteiger partial charge in [-0.1, -0.05) is 118 Å². The fraction of sp³-hybridized carbons (Fsp3) is 0.618. The van der Waals surface area contributed by atoms with Crippen molar-refractivity contribution < 1.29 is 93.1 Å². The Labute approximate surface area is 453 Å². The minimum atomic E-state index is -1.80. The highest BCUT2D eigenvalue weighted by Gasteiger charge is 2.56. The highest BCUT2D eigenvalue weighted by molar-refractivity contribution is 5.80. The molecule has 3 saturated heterocycles. The summed E-state index contributed by atoms with van der Waals surface area (Å²) in [6.45, 7) is 4.23. The molecule has 3 aliphatic heterocycles. The summed E-state index contributed by atoms with van der Waals surface area (Å²) in [7, 11) is 0. The molecule has 3 amide bonds. The fourth-order valence-electron chi connectivity index (χ4n) is 10.1. The monoisotopic (exact) mass is 1100 g/mol. The zero-order chi connectivity index (χ0) is 55.9. The van der Waals surface area contributed by atoms with Crippen molar-refractivity contribution in [3.05, 3.63) is 108 Å². The van der Waals surface area contributed by atoms with Crippen LogP contribution in [0.1, 0.15) is 63.1 Å². The zero-order valence-corrected chi connectivity index (χ0v) is 44.1. The molecule has 1 aliphatic carbocycles. The van der Waals surface area contributed by atoms with Crippen LogP contribution in [-0.2, 0) is 62.3 Å². The van der Waals surface area contributed by atoms with Crippen molar-refractivity contribution in [1.82, 2.24) is 21.3 Å². The number of hydrogen-bond acceptors (Lipinski definition) is 20. The van der Waals surface area contributed by atoms with Crippen LogP contribution in [0.25, 0.3) is 0 Å². The third-order valence-electron chi connectivity index (χ3n) is 14.7. The predicted octanol–water partition coefficient (Wildman–Crippen LogP) is 0.240. The maximum atomic E-state index is 13.8. The molecule has 7 rings (SSSR count). The first-order chi connectivity index (χ1) is 37.6. The standard InChI is InChI=1S/C55H78N4O19/c1-4-15-37(61)50(68)58-35-24-36(59-55(70)72-29-34-20-12-7-13-21-34)47(76-51-30(2)41(62)44(65)38(73-51)25-56-23-14-22-32-16-8-5-9-17-32)49(43(35)64)78-53-46(67)48(40(27-60)75-53)77-52-31(3)42(63)45(66)39(74-52)26-57-54(69)71-28-33-18-10-6-11-19-33/h5-13,16-21,30-31,35-49,51-53,56,60-67H,4,14-15,22-29H2,1-3H3,(H,57,69)(H,58,68)(H,59,70)/t30-,31-,35-,36+,37+,38-,39+,40-,41-,42-,43+,44-,45-,46-,47-,48-,49-,51-,52-,53+/m1/s1. The van der Waals surface area contributed by atoms with Crippen molar-refractivity contribution in [2.45, 2.75) is 176 Å². The van der Waals surface area contributed by atoms with Gasteiger partial charge in [-0.3, -0.25) is 4.79 Å². The Hall–Kier alpha value is -4.93. The summed E-state index contributed by atoms with van der Waals surface area (Å²) in [4.78, 5) is 39.8. The molecule has 432 valence electrons. The Morgan fingerprint density at radius 1 is 0.590 bits per heavy atom. The summed E-state index contributed by atoms with van der Waals surface area (Å²) >= 11 is 0. The summed E-state index contributed by atoms with van der Waals surface area (Å²) in [5, 5.41) is 102. The molecule has 23 heteroatoms. The van der Waals surface area contributed by atoms with Crippen LogP contribution in [0.4, 0.5) is 9.59 Å². The Balaban J connectivity index is 1.11. The highest BCUT2D eigenvalue weighted by Crippen LogP contribution is 2.37. The summed E-state index contributed by atoms with van der Waals surface area (Å²) in [6.07, 6.45) is -23.4. The van der Waals surface area contributed by atoms with E-state index in [0.717, 1.165) is 24.0 Å². The number of benzene rings is 3. The van der Waals surface area contributed by atoms with Crippen LogP contribution in [-0.4, -0.2) is 195 Å². The van der Waals surface area contributed by atoms with E-state index in [9.17, 15) is 55.2 Å². The molecule has 78 heavy (non-hydrogen) atoms. The van der Waals surface area contributed by atoms with Crippen molar-refractivity contribution in [2.24, 2.45) is 11.8 Å². The quantitative estimate of drug-likeness (QED) is 0.0535. The molecule has 3 aromatic carbocycles. The molecule has 12 N–H and O–H groups in total. The number of aliphatic hydroxyl groups is 8. The smallest absolute Gasteiger partial charge is 0.407 e. The molecule has 1 saturated carbocycles. The first-order valence-corrected chi connectivity index (χ1v) is 26.8. The van der Waals surface area contributed by atoms with Gasteiger partial charge in [0.25, 0.3) is 0 Å². The molecule has 4 fully saturated rings. The average molecular weight is 1100 g/mol. The van der Waals surface area contributed by atoms with E-state index in [4.69, 9.17) is 37.9 Å².